The van der Waals surface area contributed by atoms with Crippen molar-refractivity contribution in [2.45, 2.75) is 6.67 Å². The molecule has 0 atom stereocenters. The van der Waals surface area contributed by atoms with E-state index in [1.807, 2.05) is 0 Å². The summed E-state index contributed by atoms with van der Waals surface area (Å²) in [7, 11) is 0. The Morgan fingerprint density at radius 1 is 0.302 bits per heavy atom. The van der Waals surface area contributed by atoms with Crippen LogP contribution in [0.5, 0.6) is 0 Å². The lowest BCUT2D eigenvalue weighted by Crippen LogP contribution is -2.42. The molecule has 4 aromatic heterocycles. The second-order valence-electron chi connectivity index (χ2n) is 23.5. The normalized spacial score (nSPS) is 12.5. The molecule has 0 saturated carbocycles. The third kappa shape index (κ3) is 6.47. The van der Waals surface area contributed by atoms with Crippen molar-refractivity contribution in [1.29, 1.82) is 0 Å². The average Bonchev–Trinajstić information content (AvgIpc) is 1.64. The van der Waals surface area contributed by atoms with Crippen molar-refractivity contribution in [2.24, 2.45) is 0 Å². The van der Waals surface area contributed by atoms with Gasteiger partial charge in [-0.1, -0.05) is 206 Å². The van der Waals surface area contributed by atoms with Crippen LogP contribution in [0.1, 0.15) is 0 Å². The van der Waals surface area contributed by atoms with Crippen LogP contribution >= 0.6 is 0 Å². The third-order valence-corrected chi connectivity index (χ3v) is 18.9. The third-order valence-electron chi connectivity index (χ3n) is 18.9. The van der Waals surface area contributed by atoms with Gasteiger partial charge in [0.15, 0.2) is 0 Å². The molecule has 6 nitrogen and oxygen atoms in total. The molecular weight excluding hydrogens is 1040 g/mol. The van der Waals surface area contributed by atoms with Gasteiger partial charge in [-0.05, 0) is 169 Å². The molecule has 4 heterocycles. The minimum absolute atomic E-state index is 0.442. The molecule has 0 fully saturated rings. The molecule has 20 rings (SSSR count). The lowest BCUT2D eigenvalue weighted by molar-refractivity contribution is -0.747. The molecule has 0 N–H and O–H groups in total. The van der Waals surface area contributed by atoms with Gasteiger partial charge in [0, 0.05) is 38.2 Å². The molecule has 0 radical (unpaired) electrons. The van der Waals surface area contributed by atoms with Gasteiger partial charge < -0.3 is 5.10 Å². The van der Waals surface area contributed by atoms with Crippen molar-refractivity contribution < 1.29 is 4.68 Å². The van der Waals surface area contributed by atoms with Gasteiger partial charge in [-0.25, -0.2) is 14.6 Å². The van der Waals surface area contributed by atoms with Crippen LogP contribution in [0.15, 0.2) is 267 Å². The van der Waals surface area contributed by atoms with E-state index in [0.717, 1.165) is 77.9 Å². The van der Waals surface area contributed by atoms with Crippen molar-refractivity contribution in [2.75, 3.05) is 0 Å². The van der Waals surface area contributed by atoms with E-state index in [4.69, 9.17) is 15.1 Å². The number of fused-ring (bicyclic) bond motifs is 7. The molecule has 6 heteroatoms. The number of para-hydroxylation sites is 2. The Kier molecular flexibility index (Phi) is 9.14. The van der Waals surface area contributed by atoms with Crippen LogP contribution in [0.3, 0.4) is 0 Å². The Labute approximate surface area is 491 Å². The van der Waals surface area contributed by atoms with Crippen LogP contribution in [-0.2, 0) is 6.67 Å². The molecule has 16 aromatic carbocycles. The quantitative estimate of drug-likeness (QED) is 0.118. The fourth-order valence-electron chi connectivity index (χ4n) is 15.1. The Balaban J connectivity index is 0.820. The summed E-state index contributed by atoms with van der Waals surface area (Å²) < 4.78 is 7.05. The fourth-order valence-corrected chi connectivity index (χ4v) is 15.1. The fraction of sp³-hybridized carbons (Fsp3) is 0.0125. The summed E-state index contributed by atoms with van der Waals surface area (Å²) in [4.78, 5) is 11.2. The highest BCUT2D eigenvalue weighted by Crippen LogP contribution is 2.44. The summed E-state index contributed by atoms with van der Waals surface area (Å²) in [6, 6.07) is 98.4. The van der Waals surface area contributed by atoms with E-state index in [2.05, 4.69) is 281 Å². The molecule has 0 saturated heterocycles. The smallest absolute Gasteiger partial charge is 0.235 e. The van der Waals surface area contributed by atoms with Crippen LogP contribution in [-0.4, -0.2) is 19.1 Å². The highest BCUT2D eigenvalue weighted by Gasteiger charge is 2.26. The standard InChI is InChI=1S/C80H46N6/c1-2-11-46(12-3-1)65-43-66(59-37-53-29-23-47-13-8-14-48-24-30-54(38-59)75(53)72(47)48)82-80(81-65)86-69-22-7-5-20-64(69)78-70(86)36-35-63-62-19-4-6-21-68(62)84(79(63)78)45-85-71(61-41-57-33-27-51-17-10-18-52-28-34-58(42-61)77(57)74(51)52)44-67(83-85)60-39-55-31-25-49-15-9-16-50-26-32-56(40-60)76(55)73(49)50/h1-44H,45H2. The first-order valence-corrected chi connectivity index (χ1v) is 29.6. The van der Waals surface area contributed by atoms with E-state index in [0.29, 0.717) is 12.6 Å². The van der Waals surface area contributed by atoms with E-state index < -0.39 is 0 Å². The van der Waals surface area contributed by atoms with E-state index in [-0.39, 0.29) is 0 Å². The number of hydrogen-bond donors (Lipinski definition) is 0. The van der Waals surface area contributed by atoms with Gasteiger partial charge >= 0.3 is 0 Å². The molecule has 0 unspecified atom stereocenters. The maximum Gasteiger partial charge on any atom is 0.235 e. The number of benzene rings is 16. The van der Waals surface area contributed by atoms with Gasteiger partial charge in [0.2, 0.25) is 18.3 Å². The molecule has 86 heavy (non-hydrogen) atoms. The predicted octanol–water partition coefficient (Wildman–Crippen LogP) is 19.8. The van der Waals surface area contributed by atoms with Gasteiger partial charge in [0.1, 0.15) is 0 Å². The van der Waals surface area contributed by atoms with Crippen molar-refractivity contribution in [3.05, 3.63) is 267 Å². The van der Waals surface area contributed by atoms with Gasteiger partial charge in [-0.2, -0.15) is 0 Å². The molecule has 20 aromatic rings. The molecular formula is C80H46N6. The van der Waals surface area contributed by atoms with Crippen molar-refractivity contribution >= 4 is 141 Å². The van der Waals surface area contributed by atoms with E-state index in [9.17, 15) is 0 Å². The van der Waals surface area contributed by atoms with E-state index in [1.165, 1.54) is 108 Å². The number of aromatic nitrogens is 6. The maximum atomic E-state index is 5.75. The molecule has 0 amide bonds. The maximum absolute atomic E-state index is 5.75. The lowest BCUT2D eigenvalue weighted by Gasteiger charge is -2.15. The second kappa shape index (κ2) is 17.1. The van der Waals surface area contributed by atoms with Crippen molar-refractivity contribution in [3.63, 3.8) is 0 Å². The highest BCUT2D eigenvalue weighted by molar-refractivity contribution is 6.28. The van der Waals surface area contributed by atoms with Crippen LogP contribution in [0.25, 0.3) is 192 Å². The van der Waals surface area contributed by atoms with Crippen LogP contribution in [0, 0.1) is 0 Å². The largest absolute Gasteiger partial charge is 0.408 e. The summed E-state index contributed by atoms with van der Waals surface area (Å²) in [6.07, 6.45) is 0. The van der Waals surface area contributed by atoms with Crippen molar-refractivity contribution in [1.82, 2.24) is 24.2 Å². The zero-order chi connectivity index (χ0) is 55.9. The molecule has 0 spiro atoms. The Morgan fingerprint density at radius 3 is 1.29 bits per heavy atom. The molecule has 0 aliphatic rings. The first-order valence-electron chi connectivity index (χ1n) is 29.6. The zero-order valence-electron chi connectivity index (χ0n) is 46.3. The zero-order valence-corrected chi connectivity index (χ0v) is 46.3. The summed E-state index contributed by atoms with van der Waals surface area (Å²) in [5.74, 6) is 0.612. The summed E-state index contributed by atoms with van der Waals surface area (Å²) in [5, 5.41) is 32.9. The van der Waals surface area contributed by atoms with Crippen LogP contribution in [0.4, 0.5) is 0 Å². The topological polar surface area (TPSA) is 53.6 Å². The van der Waals surface area contributed by atoms with Gasteiger partial charge in [-0.15, -0.1) is 0 Å². The molecule has 0 aliphatic carbocycles. The Bertz CT molecular complexity index is 6050. The molecule has 396 valence electrons. The van der Waals surface area contributed by atoms with Crippen LogP contribution < -0.4 is 9.78 Å². The Morgan fingerprint density at radius 2 is 0.744 bits per heavy atom. The van der Waals surface area contributed by atoms with E-state index >= 15 is 0 Å². The number of rotatable bonds is 7. The average molecular weight is 1090 g/mol. The van der Waals surface area contributed by atoms with Gasteiger partial charge in [0.25, 0.3) is 0 Å². The second-order valence-corrected chi connectivity index (χ2v) is 23.5. The minimum atomic E-state index is 0.442. The SMILES string of the molecule is c1ccc(-c2cc(-c3cc4ccc5cccc6ccc(c3)c4c56)nc(-n3c4ccccc4c4c5c(ccc43)c3ccccc3n5C[n+]3[n-]c(-c4cc5ccc6cccc7ccc(c4)c5c67)cc3-c3cc4ccc5cccc6ccc(c3)c4c56)n2)cc1. The summed E-state index contributed by atoms with van der Waals surface area (Å²) >= 11 is 0. The first-order chi connectivity index (χ1) is 42.6. The number of nitrogens with zero attached hydrogens (tertiary/aromatic N) is 6. The minimum Gasteiger partial charge on any atom is -0.408 e. The highest BCUT2D eigenvalue weighted by atomic mass is 15.3. The monoisotopic (exact) mass is 1090 g/mol. The molecule has 0 aliphatic heterocycles. The number of hydrogen-bond acceptors (Lipinski definition) is 2. The summed E-state index contributed by atoms with van der Waals surface area (Å²) in [6.45, 7) is 0.442. The lowest BCUT2D eigenvalue weighted by atomic mass is 9.91. The first kappa shape index (κ1) is 46.1. The predicted molar refractivity (Wildman–Crippen MR) is 358 cm³/mol. The van der Waals surface area contributed by atoms with Gasteiger partial charge in [0.05, 0.1) is 33.5 Å². The summed E-state index contributed by atoms with van der Waals surface area (Å²) in [5.41, 5.74) is 12.3. The van der Waals surface area contributed by atoms with Crippen LogP contribution in [0.2, 0.25) is 0 Å². The molecule has 0 bridgehead atoms. The van der Waals surface area contributed by atoms with Gasteiger partial charge in [-0.3, -0.25) is 9.13 Å². The Hall–Kier alpha value is -11.5. The van der Waals surface area contributed by atoms with Crippen molar-refractivity contribution in [3.8, 4) is 51.0 Å². The van der Waals surface area contributed by atoms with E-state index in [1.54, 1.807) is 0 Å².